The smallest absolute Gasteiger partial charge is 0.291 e. The van der Waals surface area contributed by atoms with Crippen LogP contribution in [0.1, 0.15) is 10.6 Å². The van der Waals surface area contributed by atoms with Crippen LogP contribution in [0.25, 0.3) is 11.3 Å². The average molecular weight is 446 g/mol. The number of ether oxygens (including phenoxy) is 1. The summed E-state index contributed by atoms with van der Waals surface area (Å²) in [6.07, 6.45) is 0. The van der Waals surface area contributed by atoms with E-state index >= 15 is 0 Å². The van der Waals surface area contributed by atoms with Crippen molar-refractivity contribution in [3.05, 3.63) is 75.2 Å². The van der Waals surface area contributed by atoms with Crippen LogP contribution >= 0.6 is 11.6 Å². The third-order valence-electron chi connectivity index (χ3n) is 4.83. The van der Waals surface area contributed by atoms with E-state index in [1.165, 1.54) is 42.5 Å². The molecule has 1 N–H and O–H groups in total. The van der Waals surface area contributed by atoms with Gasteiger partial charge in [0.1, 0.15) is 11.6 Å². The standard InChI is InChI=1S/C21H17ClFN3O5/c22-15-11-13(1-3-16(15)23)19-5-6-20(31-19)21(27)24-17-4-2-14(26(28)29)12-18(17)25-7-9-30-10-8-25/h1-6,11-12H,7-10H2,(H,24,27). The number of benzene rings is 2. The quantitative estimate of drug-likeness (QED) is 0.450. The molecule has 8 nitrogen and oxygen atoms in total. The Bertz CT molecular complexity index is 1140. The first kappa shape index (κ1) is 20.8. The van der Waals surface area contributed by atoms with Gasteiger partial charge in [-0.2, -0.15) is 0 Å². The third-order valence-corrected chi connectivity index (χ3v) is 5.12. The number of hydrogen-bond acceptors (Lipinski definition) is 6. The van der Waals surface area contributed by atoms with Crippen molar-refractivity contribution < 1.29 is 23.3 Å². The normalized spacial score (nSPS) is 13.8. The Kier molecular flexibility index (Phi) is 5.88. The van der Waals surface area contributed by atoms with Gasteiger partial charge in [-0.1, -0.05) is 11.6 Å². The Morgan fingerprint density at radius 1 is 1.13 bits per heavy atom. The van der Waals surface area contributed by atoms with Crippen LogP contribution in [0.4, 0.5) is 21.5 Å². The van der Waals surface area contributed by atoms with Crippen molar-refractivity contribution >= 4 is 34.6 Å². The first-order valence-corrected chi connectivity index (χ1v) is 9.78. The number of nitrogens with one attached hydrogen (secondary N) is 1. The number of carbonyl (C=O) groups is 1. The molecule has 0 unspecified atom stereocenters. The second-order valence-electron chi connectivity index (χ2n) is 6.80. The highest BCUT2D eigenvalue weighted by atomic mass is 35.5. The minimum absolute atomic E-state index is 0.0294. The molecule has 0 radical (unpaired) electrons. The summed E-state index contributed by atoms with van der Waals surface area (Å²) in [5, 5.41) is 13.9. The number of hydrogen-bond donors (Lipinski definition) is 1. The Hall–Kier alpha value is -3.43. The molecular weight excluding hydrogens is 429 g/mol. The van der Waals surface area contributed by atoms with E-state index in [9.17, 15) is 19.3 Å². The molecule has 0 atom stereocenters. The van der Waals surface area contributed by atoms with Crippen molar-refractivity contribution in [1.82, 2.24) is 0 Å². The second kappa shape index (κ2) is 8.75. The number of furan rings is 1. The molecule has 3 aromatic rings. The Balaban J connectivity index is 1.59. The maximum absolute atomic E-state index is 13.4. The number of carbonyl (C=O) groups excluding carboxylic acids is 1. The minimum Gasteiger partial charge on any atom is -0.451 e. The van der Waals surface area contributed by atoms with Gasteiger partial charge in [-0.15, -0.1) is 0 Å². The Morgan fingerprint density at radius 2 is 1.90 bits per heavy atom. The van der Waals surface area contributed by atoms with Crippen molar-refractivity contribution in [2.45, 2.75) is 0 Å². The van der Waals surface area contributed by atoms with Gasteiger partial charge in [0, 0.05) is 30.8 Å². The van der Waals surface area contributed by atoms with E-state index < -0.39 is 16.6 Å². The molecule has 0 spiro atoms. The van der Waals surface area contributed by atoms with Gasteiger partial charge in [0.05, 0.1) is 34.5 Å². The molecule has 10 heteroatoms. The molecule has 2 heterocycles. The molecule has 31 heavy (non-hydrogen) atoms. The highest BCUT2D eigenvalue weighted by molar-refractivity contribution is 6.31. The van der Waals surface area contributed by atoms with Gasteiger partial charge in [0.25, 0.3) is 11.6 Å². The molecule has 1 aromatic heterocycles. The average Bonchev–Trinajstić information content (AvgIpc) is 3.27. The molecule has 0 bridgehead atoms. The van der Waals surface area contributed by atoms with Crippen LogP contribution in [-0.2, 0) is 4.74 Å². The number of nitrogens with zero attached hydrogens (tertiary/aromatic N) is 2. The summed E-state index contributed by atoms with van der Waals surface area (Å²) < 4.78 is 24.3. The molecule has 1 fully saturated rings. The monoisotopic (exact) mass is 445 g/mol. The molecule has 160 valence electrons. The third kappa shape index (κ3) is 4.52. The SMILES string of the molecule is O=C(Nc1ccc([N+](=O)[O-])cc1N1CCOCC1)c1ccc(-c2ccc(F)c(Cl)c2)o1. The van der Waals surface area contributed by atoms with Gasteiger partial charge in [0.2, 0.25) is 0 Å². The first-order chi connectivity index (χ1) is 14.9. The number of morpholine rings is 1. The maximum atomic E-state index is 13.4. The molecule has 1 saturated heterocycles. The van der Waals surface area contributed by atoms with Crippen molar-refractivity contribution in [2.75, 3.05) is 36.5 Å². The molecule has 0 aliphatic carbocycles. The second-order valence-corrected chi connectivity index (χ2v) is 7.21. The van der Waals surface area contributed by atoms with Gasteiger partial charge in [-0.25, -0.2) is 4.39 Å². The predicted molar refractivity (Wildman–Crippen MR) is 113 cm³/mol. The summed E-state index contributed by atoms with van der Waals surface area (Å²) >= 11 is 5.81. The zero-order valence-corrected chi connectivity index (χ0v) is 16.9. The van der Waals surface area contributed by atoms with E-state index in [0.29, 0.717) is 49.0 Å². The summed E-state index contributed by atoms with van der Waals surface area (Å²) in [6, 6.07) is 11.4. The number of rotatable bonds is 5. The van der Waals surface area contributed by atoms with E-state index in [4.69, 9.17) is 20.8 Å². The summed E-state index contributed by atoms with van der Waals surface area (Å²) in [5.41, 5.74) is 1.39. The number of halogens is 2. The maximum Gasteiger partial charge on any atom is 0.291 e. The topological polar surface area (TPSA) is 97.8 Å². The zero-order valence-electron chi connectivity index (χ0n) is 16.1. The molecule has 1 aliphatic heterocycles. The fourth-order valence-corrected chi connectivity index (χ4v) is 3.43. The van der Waals surface area contributed by atoms with Crippen molar-refractivity contribution in [3.63, 3.8) is 0 Å². The lowest BCUT2D eigenvalue weighted by Gasteiger charge is -2.30. The van der Waals surface area contributed by atoms with E-state index in [1.807, 2.05) is 4.90 Å². The lowest BCUT2D eigenvalue weighted by atomic mass is 10.2. The van der Waals surface area contributed by atoms with Crippen LogP contribution in [0.15, 0.2) is 52.9 Å². The fourth-order valence-electron chi connectivity index (χ4n) is 3.25. The largest absolute Gasteiger partial charge is 0.451 e. The van der Waals surface area contributed by atoms with Gasteiger partial charge >= 0.3 is 0 Å². The van der Waals surface area contributed by atoms with Gasteiger partial charge in [-0.3, -0.25) is 14.9 Å². The molecule has 4 rings (SSSR count). The van der Waals surface area contributed by atoms with E-state index in [0.717, 1.165) is 0 Å². The number of non-ortho nitro benzene ring substituents is 1. The summed E-state index contributed by atoms with van der Waals surface area (Å²) in [6.45, 7) is 2.05. The number of amides is 1. The summed E-state index contributed by atoms with van der Waals surface area (Å²) in [7, 11) is 0. The van der Waals surface area contributed by atoms with E-state index in [2.05, 4.69) is 5.32 Å². The number of nitro groups is 1. The van der Waals surface area contributed by atoms with Crippen molar-refractivity contribution in [2.24, 2.45) is 0 Å². The number of anilines is 2. The van der Waals surface area contributed by atoms with Crippen LogP contribution in [0.2, 0.25) is 5.02 Å². The van der Waals surface area contributed by atoms with Gasteiger partial charge in [0.15, 0.2) is 5.76 Å². The van der Waals surface area contributed by atoms with Gasteiger partial charge in [-0.05, 0) is 36.4 Å². The summed E-state index contributed by atoms with van der Waals surface area (Å²) in [5.74, 6) is -0.697. The highest BCUT2D eigenvalue weighted by Gasteiger charge is 2.21. The van der Waals surface area contributed by atoms with E-state index in [-0.39, 0.29) is 16.5 Å². The lowest BCUT2D eigenvalue weighted by Crippen LogP contribution is -2.36. The zero-order chi connectivity index (χ0) is 22.0. The van der Waals surface area contributed by atoms with E-state index in [1.54, 1.807) is 6.07 Å². The molecule has 1 aliphatic rings. The Labute approximate surface area is 181 Å². The van der Waals surface area contributed by atoms with Crippen LogP contribution in [0.5, 0.6) is 0 Å². The van der Waals surface area contributed by atoms with Crippen LogP contribution in [0.3, 0.4) is 0 Å². The lowest BCUT2D eigenvalue weighted by molar-refractivity contribution is -0.384. The van der Waals surface area contributed by atoms with Crippen LogP contribution < -0.4 is 10.2 Å². The minimum atomic E-state index is -0.552. The van der Waals surface area contributed by atoms with Crippen LogP contribution in [-0.4, -0.2) is 37.1 Å². The molecule has 2 aromatic carbocycles. The first-order valence-electron chi connectivity index (χ1n) is 9.40. The predicted octanol–water partition coefficient (Wildman–Crippen LogP) is 4.74. The molecule has 1 amide bonds. The summed E-state index contributed by atoms with van der Waals surface area (Å²) in [4.78, 5) is 25.4. The highest BCUT2D eigenvalue weighted by Crippen LogP contribution is 2.32. The Morgan fingerprint density at radius 3 is 2.61 bits per heavy atom. The van der Waals surface area contributed by atoms with Crippen molar-refractivity contribution in [3.8, 4) is 11.3 Å². The van der Waals surface area contributed by atoms with Crippen molar-refractivity contribution in [1.29, 1.82) is 0 Å². The van der Waals surface area contributed by atoms with Crippen LogP contribution in [0, 0.1) is 15.9 Å². The molecular formula is C21H17ClFN3O5. The molecule has 0 saturated carbocycles. The number of nitro benzene ring substituents is 1. The van der Waals surface area contributed by atoms with Gasteiger partial charge < -0.3 is 19.4 Å². The fraction of sp³-hybridized carbons (Fsp3) is 0.190.